The lowest BCUT2D eigenvalue weighted by Gasteiger charge is -2.22. The average molecular weight is 158 g/mol. The number of carbonyl (C=O) groups excluding carboxylic acids is 1. The largest absolute Gasteiger partial charge is 0.382 e. The summed E-state index contributed by atoms with van der Waals surface area (Å²) in [5, 5.41) is 9.54. The molecule has 0 spiro atoms. The first-order valence-corrected chi connectivity index (χ1v) is 4.13. The first kappa shape index (κ1) is 10.6. The molecule has 0 amide bonds. The van der Waals surface area contributed by atoms with Crippen molar-refractivity contribution in [2.45, 2.75) is 46.1 Å². The Balaban J connectivity index is 4.01. The highest BCUT2D eigenvalue weighted by Gasteiger charge is 2.27. The Morgan fingerprint density at radius 3 is 2.36 bits per heavy atom. The van der Waals surface area contributed by atoms with E-state index in [1.807, 2.05) is 6.92 Å². The van der Waals surface area contributed by atoms with Crippen molar-refractivity contribution in [3.8, 4) is 0 Å². The molecule has 2 atom stereocenters. The van der Waals surface area contributed by atoms with E-state index >= 15 is 0 Å². The molecule has 2 nitrogen and oxygen atoms in total. The molecule has 0 aromatic carbocycles. The van der Waals surface area contributed by atoms with Gasteiger partial charge in [-0.25, -0.2) is 0 Å². The molecule has 0 bridgehead atoms. The third kappa shape index (κ3) is 3.51. The maximum absolute atomic E-state index is 10.9. The van der Waals surface area contributed by atoms with Crippen molar-refractivity contribution in [3.63, 3.8) is 0 Å². The Bertz CT molecular complexity index is 138. The van der Waals surface area contributed by atoms with E-state index in [2.05, 4.69) is 6.92 Å². The van der Waals surface area contributed by atoms with Gasteiger partial charge < -0.3 is 5.11 Å². The van der Waals surface area contributed by atoms with E-state index in [4.69, 9.17) is 0 Å². The van der Waals surface area contributed by atoms with Crippen LogP contribution in [0.5, 0.6) is 0 Å². The molecule has 0 radical (unpaired) electrons. The number of hydrogen-bond acceptors (Lipinski definition) is 2. The van der Waals surface area contributed by atoms with Gasteiger partial charge in [-0.15, -0.1) is 0 Å². The van der Waals surface area contributed by atoms with Crippen molar-refractivity contribution in [2.75, 3.05) is 0 Å². The summed E-state index contributed by atoms with van der Waals surface area (Å²) in [6, 6.07) is 0. The van der Waals surface area contributed by atoms with Crippen molar-refractivity contribution in [2.24, 2.45) is 5.92 Å². The monoisotopic (exact) mass is 158 g/mol. The molecule has 0 saturated carbocycles. The highest BCUT2D eigenvalue weighted by Crippen LogP contribution is 2.19. The lowest BCUT2D eigenvalue weighted by molar-refractivity contribution is -0.134. The van der Waals surface area contributed by atoms with E-state index in [9.17, 15) is 9.90 Å². The van der Waals surface area contributed by atoms with E-state index < -0.39 is 5.60 Å². The summed E-state index contributed by atoms with van der Waals surface area (Å²) in [5.74, 6) is 0.270. The van der Waals surface area contributed by atoms with Gasteiger partial charge in [0.2, 0.25) is 0 Å². The van der Waals surface area contributed by atoms with Gasteiger partial charge in [0.1, 0.15) is 5.60 Å². The van der Waals surface area contributed by atoms with Gasteiger partial charge in [-0.3, -0.25) is 4.79 Å². The van der Waals surface area contributed by atoms with Crippen LogP contribution in [-0.4, -0.2) is 16.5 Å². The molecular weight excluding hydrogens is 140 g/mol. The highest BCUT2D eigenvalue weighted by molar-refractivity contribution is 5.84. The van der Waals surface area contributed by atoms with Crippen LogP contribution in [0.25, 0.3) is 0 Å². The van der Waals surface area contributed by atoms with Gasteiger partial charge in [-0.05, 0) is 26.2 Å². The molecule has 2 unspecified atom stereocenters. The minimum atomic E-state index is -1.12. The summed E-state index contributed by atoms with van der Waals surface area (Å²) in [4.78, 5) is 10.9. The lowest BCUT2D eigenvalue weighted by Crippen LogP contribution is -2.34. The molecule has 0 aliphatic heterocycles. The molecule has 2 heteroatoms. The molecule has 11 heavy (non-hydrogen) atoms. The molecular formula is C9H18O2. The zero-order chi connectivity index (χ0) is 9.07. The molecule has 66 valence electrons. The minimum Gasteiger partial charge on any atom is -0.382 e. The van der Waals surface area contributed by atoms with Crippen molar-refractivity contribution >= 4 is 5.78 Å². The maximum Gasteiger partial charge on any atom is 0.160 e. The fraction of sp³-hybridized carbons (Fsp3) is 0.889. The molecule has 0 aliphatic rings. The van der Waals surface area contributed by atoms with Crippen molar-refractivity contribution in [3.05, 3.63) is 0 Å². The first-order valence-electron chi connectivity index (χ1n) is 4.13. The number of hydrogen-bond donors (Lipinski definition) is 1. The molecule has 1 N–H and O–H groups in total. The second-order valence-corrected chi connectivity index (χ2v) is 3.55. The van der Waals surface area contributed by atoms with Gasteiger partial charge in [0.15, 0.2) is 5.78 Å². The average Bonchev–Trinajstić information content (AvgIpc) is 1.86. The summed E-state index contributed by atoms with van der Waals surface area (Å²) >= 11 is 0. The smallest absolute Gasteiger partial charge is 0.160 e. The van der Waals surface area contributed by atoms with Crippen LogP contribution in [0.15, 0.2) is 0 Å². The zero-order valence-electron chi connectivity index (χ0n) is 7.85. The van der Waals surface area contributed by atoms with Gasteiger partial charge in [-0.1, -0.05) is 20.3 Å². The highest BCUT2D eigenvalue weighted by atomic mass is 16.3. The Hall–Kier alpha value is -0.370. The molecule has 0 aromatic heterocycles. The summed E-state index contributed by atoms with van der Waals surface area (Å²) in [5.41, 5.74) is -1.12. The summed E-state index contributed by atoms with van der Waals surface area (Å²) in [7, 11) is 0. The minimum absolute atomic E-state index is 0.141. The summed E-state index contributed by atoms with van der Waals surface area (Å²) in [6.45, 7) is 7.11. The molecule has 0 heterocycles. The van der Waals surface area contributed by atoms with Crippen LogP contribution in [0.1, 0.15) is 40.5 Å². The summed E-state index contributed by atoms with van der Waals surface area (Å²) < 4.78 is 0. The number of carbonyl (C=O) groups is 1. The molecule has 0 aromatic rings. The van der Waals surface area contributed by atoms with Gasteiger partial charge in [0, 0.05) is 0 Å². The second kappa shape index (κ2) is 3.86. The van der Waals surface area contributed by atoms with Gasteiger partial charge >= 0.3 is 0 Å². The van der Waals surface area contributed by atoms with Gasteiger partial charge in [0.05, 0.1) is 0 Å². The Morgan fingerprint density at radius 1 is 1.64 bits per heavy atom. The Morgan fingerprint density at radius 2 is 2.09 bits per heavy atom. The molecule has 0 fully saturated rings. The van der Waals surface area contributed by atoms with Crippen LogP contribution >= 0.6 is 0 Å². The Labute approximate surface area is 68.6 Å². The van der Waals surface area contributed by atoms with E-state index in [0.717, 1.165) is 6.42 Å². The predicted molar refractivity (Wildman–Crippen MR) is 45.4 cm³/mol. The van der Waals surface area contributed by atoms with Crippen LogP contribution in [0, 0.1) is 5.92 Å². The molecule has 0 aliphatic carbocycles. The predicted octanol–water partition coefficient (Wildman–Crippen LogP) is 1.76. The third-order valence-corrected chi connectivity index (χ3v) is 2.20. The van der Waals surface area contributed by atoms with Crippen LogP contribution in [0.3, 0.4) is 0 Å². The Kier molecular flexibility index (Phi) is 3.73. The quantitative estimate of drug-likeness (QED) is 0.677. The van der Waals surface area contributed by atoms with Gasteiger partial charge in [-0.2, -0.15) is 0 Å². The number of rotatable bonds is 4. The van der Waals surface area contributed by atoms with Crippen LogP contribution in [0.2, 0.25) is 0 Å². The van der Waals surface area contributed by atoms with Gasteiger partial charge in [0.25, 0.3) is 0 Å². The third-order valence-electron chi connectivity index (χ3n) is 2.20. The fourth-order valence-corrected chi connectivity index (χ4v) is 0.967. The van der Waals surface area contributed by atoms with Crippen LogP contribution < -0.4 is 0 Å². The van der Waals surface area contributed by atoms with E-state index in [1.54, 1.807) is 6.92 Å². The van der Waals surface area contributed by atoms with E-state index in [-0.39, 0.29) is 5.78 Å². The van der Waals surface area contributed by atoms with Crippen molar-refractivity contribution < 1.29 is 9.90 Å². The maximum atomic E-state index is 10.9. The summed E-state index contributed by atoms with van der Waals surface area (Å²) in [6.07, 6.45) is 1.57. The molecule has 0 saturated heterocycles. The number of aliphatic hydroxyl groups is 1. The van der Waals surface area contributed by atoms with Crippen LogP contribution in [0.4, 0.5) is 0 Å². The normalized spacial score (nSPS) is 19.0. The first-order chi connectivity index (χ1) is 4.90. The number of Topliss-reactive ketones (excluding diaryl/α,β-unsaturated/α-hetero) is 1. The fourth-order valence-electron chi connectivity index (χ4n) is 0.967. The van der Waals surface area contributed by atoms with E-state index in [0.29, 0.717) is 12.3 Å². The topological polar surface area (TPSA) is 37.3 Å². The number of ketones is 1. The SMILES string of the molecule is CCC(C)CC(C)(O)C(C)=O. The van der Waals surface area contributed by atoms with Crippen molar-refractivity contribution in [1.29, 1.82) is 0 Å². The standard InChI is InChI=1S/C9H18O2/c1-5-7(2)6-9(4,11)8(3)10/h7,11H,5-6H2,1-4H3. The zero-order valence-corrected chi connectivity index (χ0v) is 7.85. The lowest BCUT2D eigenvalue weighted by atomic mass is 9.89. The second-order valence-electron chi connectivity index (χ2n) is 3.55. The van der Waals surface area contributed by atoms with E-state index in [1.165, 1.54) is 6.92 Å². The van der Waals surface area contributed by atoms with Crippen molar-refractivity contribution in [1.82, 2.24) is 0 Å². The molecule has 0 rings (SSSR count). The van der Waals surface area contributed by atoms with Crippen LogP contribution in [-0.2, 0) is 4.79 Å².